The first-order chi connectivity index (χ1) is 16.5. The zero-order valence-electron chi connectivity index (χ0n) is 19.7. The zero-order valence-corrected chi connectivity index (χ0v) is 19.7. The zero-order chi connectivity index (χ0) is 23.7. The molecule has 5 rings (SSSR count). The second-order valence-electron chi connectivity index (χ2n) is 8.61. The molecular weight excluding hydrogens is 428 g/mol. The number of carbonyl (C=O) groups excluding carboxylic acids is 1. The van der Waals surface area contributed by atoms with E-state index in [-0.39, 0.29) is 6.03 Å². The van der Waals surface area contributed by atoms with Crippen molar-refractivity contribution in [2.75, 3.05) is 38.6 Å². The molecule has 0 atom stereocenters. The number of para-hydroxylation sites is 2. The molecule has 0 unspecified atom stereocenters. The summed E-state index contributed by atoms with van der Waals surface area (Å²) in [4.78, 5) is 22.0. The standard InChI is InChI=1S/C27H28N4O3/c1-18-9-11-23-20(16-18)26(28-22-10-8-19(2)17-25(22)34-23)30-12-14-31(15-13-30)27(32)29-21-6-4-5-7-24(21)33-3/h4-11,16-17H,12-15H2,1-3H3,(H,29,32). The van der Waals surface area contributed by atoms with Crippen LogP contribution in [0, 0.1) is 13.8 Å². The largest absolute Gasteiger partial charge is 0.495 e. The molecule has 2 amide bonds. The van der Waals surface area contributed by atoms with Gasteiger partial charge in [-0.2, -0.15) is 0 Å². The van der Waals surface area contributed by atoms with Gasteiger partial charge in [0.25, 0.3) is 0 Å². The van der Waals surface area contributed by atoms with Crippen molar-refractivity contribution in [1.29, 1.82) is 0 Å². The van der Waals surface area contributed by atoms with E-state index < -0.39 is 0 Å². The van der Waals surface area contributed by atoms with Gasteiger partial charge in [0.05, 0.1) is 18.4 Å². The lowest BCUT2D eigenvalue weighted by atomic mass is 10.1. The summed E-state index contributed by atoms with van der Waals surface area (Å²) >= 11 is 0. The number of piperazine rings is 1. The molecule has 0 saturated carbocycles. The van der Waals surface area contributed by atoms with Gasteiger partial charge in [0.15, 0.2) is 5.75 Å². The van der Waals surface area contributed by atoms with E-state index in [4.69, 9.17) is 14.5 Å². The molecule has 7 nitrogen and oxygen atoms in total. The Morgan fingerprint density at radius 1 is 0.941 bits per heavy atom. The molecule has 3 aromatic carbocycles. The second-order valence-corrected chi connectivity index (χ2v) is 8.61. The summed E-state index contributed by atoms with van der Waals surface area (Å²) < 4.78 is 11.6. The highest BCUT2D eigenvalue weighted by molar-refractivity contribution is 6.04. The molecule has 2 heterocycles. The predicted octanol–water partition coefficient (Wildman–Crippen LogP) is 5.35. The van der Waals surface area contributed by atoms with Crippen LogP contribution in [0.4, 0.5) is 16.2 Å². The van der Waals surface area contributed by atoms with Crippen molar-refractivity contribution in [3.63, 3.8) is 0 Å². The topological polar surface area (TPSA) is 66.4 Å². The normalized spacial score (nSPS) is 14.9. The monoisotopic (exact) mass is 456 g/mol. The number of aliphatic imine (C=N–C) groups is 1. The average molecular weight is 457 g/mol. The molecule has 1 N–H and O–H groups in total. The number of anilines is 1. The third-order valence-corrected chi connectivity index (χ3v) is 6.15. The van der Waals surface area contributed by atoms with E-state index in [9.17, 15) is 4.79 Å². The molecule has 0 aromatic heterocycles. The fraction of sp³-hybridized carbons (Fsp3) is 0.259. The van der Waals surface area contributed by atoms with Crippen LogP contribution in [0.2, 0.25) is 0 Å². The summed E-state index contributed by atoms with van der Waals surface area (Å²) in [6.45, 7) is 6.63. The summed E-state index contributed by atoms with van der Waals surface area (Å²) in [6.07, 6.45) is 0. The van der Waals surface area contributed by atoms with Crippen LogP contribution in [0.25, 0.3) is 0 Å². The Morgan fingerprint density at radius 2 is 1.68 bits per heavy atom. The van der Waals surface area contributed by atoms with Crippen LogP contribution in [0.15, 0.2) is 65.7 Å². The van der Waals surface area contributed by atoms with Gasteiger partial charge in [-0.25, -0.2) is 9.79 Å². The van der Waals surface area contributed by atoms with E-state index in [1.165, 1.54) is 0 Å². The molecule has 2 aliphatic heterocycles. The minimum Gasteiger partial charge on any atom is -0.495 e. The maximum Gasteiger partial charge on any atom is 0.322 e. The molecule has 1 saturated heterocycles. The van der Waals surface area contributed by atoms with Gasteiger partial charge in [0.1, 0.15) is 23.0 Å². The van der Waals surface area contributed by atoms with Gasteiger partial charge in [0, 0.05) is 26.2 Å². The number of methoxy groups -OCH3 is 1. The Bertz CT molecular complexity index is 1260. The van der Waals surface area contributed by atoms with E-state index in [0.29, 0.717) is 37.6 Å². The SMILES string of the molecule is COc1ccccc1NC(=O)N1CCN(C2=Nc3ccc(C)cc3Oc3ccc(C)cc32)CC1. The smallest absolute Gasteiger partial charge is 0.322 e. The van der Waals surface area contributed by atoms with Gasteiger partial charge in [-0.3, -0.25) is 0 Å². The summed E-state index contributed by atoms with van der Waals surface area (Å²) in [7, 11) is 1.60. The van der Waals surface area contributed by atoms with E-state index in [1.54, 1.807) is 7.11 Å². The fourth-order valence-corrected chi connectivity index (χ4v) is 4.30. The molecule has 0 bridgehead atoms. The molecule has 0 aliphatic carbocycles. The van der Waals surface area contributed by atoms with Gasteiger partial charge in [-0.05, 0) is 55.8 Å². The molecule has 7 heteroatoms. The maximum atomic E-state index is 12.9. The van der Waals surface area contributed by atoms with Crippen molar-refractivity contribution in [2.45, 2.75) is 13.8 Å². The minimum absolute atomic E-state index is 0.132. The summed E-state index contributed by atoms with van der Waals surface area (Å²) in [6, 6.07) is 19.5. The van der Waals surface area contributed by atoms with Crippen molar-refractivity contribution < 1.29 is 14.3 Å². The van der Waals surface area contributed by atoms with Crippen LogP contribution in [-0.2, 0) is 0 Å². The number of carbonyl (C=O) groups is 1. The van der Waals surface area contributed by atoms with E-state index in [0.717, 1.165) is 39.7 Å². The molecule has 2 aliphatic rings. The number of ether oxygens (including phenoxy) is 2. The average Bonchev–Trinajstić information content (AvgIpc) is 3.00. The highest BCUT2D eigenvalue weighted by Gasteiger charge is 2.28. The predicted molar refractivity (Wildman–Crippen MR) is 134 cm³/mol. The van der Waals surface area contributed by atoms with E-state index >= 15 is 0 Å². The number of amidine groups is 1. The fourth-order valence-electron chi connectivity index (χ4n) is 4.30. The summed E-state index contributed by atoms with van der Waals surface area (Å²) in [5, 5.41) is 2.97. The highest BCUT2D eigenvalue weighted by Crippen LogP contribution is 2.39. The Morgan fingerprint density at radius 3 is 2.47 bits per heavy atom. The van der Waals surface area contributed by atoms with Gasteiger partial charge < -0.3 is 24.6 Å². The minimum atomic E-state index is -0.132. The number of benzene rings is 3. The van der Waals surface area contributed by atoms with Crippen molar-refractivity contribution in [3.05, 3.63) is 77.4 Å². The number of hydrogen-bond acceptors (Lipinski definition) is 5. The van der Waals surface area contributed by atoms with Crippen LogP contribution in [0.1, 0.15) is 16.7 Å². The molecule has 1 fully saturated rings. The Balaban J connectivity index is 1.37. The molecule has 174 valence electrons. The Kier molecular flexibility index (Phi) is 5.84. The number of aryl methyl sites for hydroxylation is 2. The van der Waals surface area contributed by atoms with Crippen LogP contribution in [0.3, 0.4) is 0 Å². The van der Waals surface area contributed by atoms with Crippen LogP contribution >= 0.6 is 0 Å². The van der Waals surface area contributed by atoms with Crippen LogP contribution < -0.4 is 14.8 Å². The van der Waals surface area contributed by atoms with E-state index in [2.05, 4.69) is 29.3 Å². The van der Waals surface area contributed by atoms with Gasteiger partial charge in [-0.1, -0.05) is 29.8 Å². The number of hydrogen-bond donors (Lipinski definition) is 1. The van der Waals surface area contributed by atoms with Crippen molar-refractivity contribution in [1.82, 2.24) is 9.80 Å². The van der Waals surface area contributed by atoms with Crippen LogP contribution in [-0.4, -0.2) is 55.0 Å². The third-order valence-electron chi connectivity index (χ3n) is 6.15. The number of rotatable bonds is 2. The number of fused-ring (bicyclic) bond motifs is 2. The Hall–Kier alpha value is -4.00. The number of urea groups is 1. The first kappa shape index (κ1) is 21.8. The lowest BCUT2D eigenvalue weighted by molar-refractivity contribution is 0.181. The molecule has 0 radical (unpaired) electrons. The molecule has 0 spiro atoms. The lowest BCUT2D eigenvalue weighted by Gasteiger charge is -2.36. The number of nitrogens with zero attached hydrogens (tertiary/aromatic N) is 3. The van der Waals surface area contributed by atoms with Crippen molar-refractivity contribution in [2.24, 2.45) is 4.99 Å². The summed E-state index contributed by atoms with van der Waals surface area (Å²) in [5.41, 5.74) is 4.72. The highest BCUT2D eigenvalue weighted by atomic mass is 16.5. The number of amides is 2. The number of nitrogens with one attached hydrogen (secondary N) is 1. The quantitative estimate of drug-likeness (QED) is 0.565. The van der Waals surface area contributed by atoms with Crippen molar-refractivity contribution in [3.8, 4) is 17.2 Å². The molecule has 34 heavy (non-hydrogen) atoms. The summed E-state index contributed by atoms with van der Waals surface area (Å²) in [5.74, 6) is 3.08. The second kappa shape index (κ2) is 9.09. The molecule has 3 aromatic rings. The van der Waals surface area contributed by atoms with Gasteiger partial charge in [0.2, 0.25) is 0 Å². The van der Waals surface area contributed by atoms with Crippen LogP contribution in [0.5, 0.6) is 17.2 Å². The Labute approximate surface area is 199 Å². The maximum absolute atomic E-state index is 12.9. The molecular formula is C27H28N4O3. The van der Waals surface area contributed by atoms with Gasteiger partial charge >= 0.3 is 6.03 Å². The third kappa shape index (κ3) is 4.29. The lowest BCUT2D eigenvalue weighted by Crippen LogP contribution is -2.51. The first-order valence-electron chi connectivity index (χ1n) is 11.4. The van der Waals surface area contributed by atoms with Gasteiger partial charge in [-0.15, -0.1) is 0 Å². The van der Waals surface area contributed by atoms with Crippen molar-refractivity contribution >= 4 is 23.2 Å². The first-order valence-corrected chi connectivity index (χ1v) is 11.4. The van der Waals surface area contributed by atoms with E-state index in [1.807, 2.05) is 60.4 Å².